The zero-order valence-electron chi connectivity index (χ0n) is 14.2. The Balaban J connectivity index is 1.89. The van der Waals surface area contributed by atoms with E-state index in [2.05, 4.69) is 14.9 Å². The number of ether oxygens (including phenoxy) is 2. The molecule has 0 saturated carbocycles. The summed E-state index contributed by atoms with van der Waals surface area (Å²) in [5, 5.41) is 0.107. The second-order valence-electron chi connectivity index (χ2n) is 6.98. The van der Waals surface area contributed by atoms with Crippen LogP contribution in [0.4, 0.5) is 5.82 Å². The lowest BCUT2D eigenvalue weighted by Crippen LogP contribution is -2.50. The largest absolute Gasteiger partial charge is 0.381 e. The number of morpholine rings is 1. The minimum Gasteiger partial charge on any atom is -0.381 e. The number of rotatable bonds is 2. The van der Waals surface area contributed by atoms with Gasteiger partial charge in [-0.1, -0.05) is 0 Å². The summed E-state index contributed by atoms with van der Waals surface area (Å²) in [4.78, 5) is 11.1. The van der Waals surface area contributed by atoms with E-state index < -0.39 is 14.6 Å². The predicted octanol–water partition coefficient (Wildman–Crippen LogP) is 1.33. The van der Waals surface area contributed by atoms with E-state index >= 15 is 0 Å². The highest BCUT2D eigenvalue weighted by Crippen LogP contribution is 2.44. The van der Waals surface area contributed by atoms with Gasteiger partial charge in [-0.15, -0.1) is 0 Å². The molecule has 0 bridgehead atoms. The summed E-state index contributed by atoms with van der Waals surface area (Å²) in [6, 6.07) is 0.268. The molecule has 0 aromatic carbocycles. The summed E-state index contributed by atoms with van der Waals surface area (Å²) < 4.78 is 35.6. The van der Waals surface area contributed by atoms with E-state index in [1.165, 1.54) is 6.26 Å². The van der Waals surface area contributed by atoms with E-state index in [1.54, 1.807) is 0 Å². The van der Waals surface area contributed by atoms with Crippen LogP contribution in [0, 0.1) is 0 Å². The molecule has 0 aliphatic carbocycles. The van der Waals surface area contributed by atoms with Crippen LogP contribution in [0.3, 0.4) is 0 Å². The maximum Gasteiger partial charge on any atom is 0.224 e. The van der Waals surface area contributed by atoms with E-state index in [0.717, 1.165) is 30.8 Å². The fourth-order valence-corrected chi connectivity index (χ4v) is 5.85. The smallest absolute Gasteiger partial charge is 0.224 e. The average Bonchev–Trinajstić information content (AvgIpc) is 2.60. The molecule has 1 atom stereocenters. The Kier molecular flexibility index (Phi) is 4.42. The van der Waals surface area contributed by atoms with Crippen molar-refractivity contribution in [2.24, 2.45) is 0 Å². The molecule has 3 aliphatic heterocycles. The first kappa shape index (κ1) is 17.5. The number of halogens is 1. The van der Waals surface area contributed by atoms with Gasteiger partial charge in [0.15, 0.2) is 9.84 Å². The predicted molar refractivity (Wildman–Crippen MR) is 93.9 cm³/mol. The molecule has 9 heteroatoms. The number of aromatic nitrogens is 2. The van der Waals surface area contributed by atoms with Gasteiger partial charge in [0.1, 0.15) is 10.6 Å². The summed E-state index contributed by atoms with van der Waals surface area (Å²) in [6.07, 6.45) is 3.74. The van der Waals surface area contributed by atoms with Crippen molar-refractivity contribution in [1.82, 2.24) is 9.97 Å². The van der Waals surface area contributed by atoms with Crippen molar-refractivity contribution in [1.29, 1.82) is 0 Å². The number of nitrogens with zero attached hydrogens (tertiary/aromatic N) is 3. The van der Waals surface area contributed by atoms with Gasteiger partial charge in [0.25, 0.3) is 0 Å². The topological polar surface area (TPSA) is 81.6 Å². The molecule has 138 valence electrons. The van der Waals surface area contributed by atoms with Crippen molar-refractivity contribution in [3.05, 3.63) is 16.5 Å². The number of fused-ring (bicyclic) bond motifs is 3. The lowest BCUT2D eigenvalue weighted by Gasteiger charge is -2.43. The normalized spacial score (nSPS) is 26.0. The monoisotopic (exact) mass is 387 g/mol. The van der Waals surface area contributed by atoms with Gasteiger partial charge >= 0.3 is 0 Å². The molecular formula is C16H22ClN3O4S. The third kappa shape index (κ3) is 2.83. The van der Waals surface area contributed by atoms with Crippen molar-refractivity contribution in [2.45, 2.75) is 36.5 Å². The molecular weight excluding hydrogens is 366 g/mol. The minimum absolute atomic E-state index is 0.107. The molecule has 0 N–H and O–H groups in total. The second kappa shape index (κ2) is 6.33. The number of sulfone groups is 1. The number of hydrogen-bond acceptors (Lipinski definition) is 7. The van der Waals surface area contributed by atoms with Crippen molar-refractivity contribution in [2.75, 3.05) is 44.1 Å². The summed E-state index contributed by atoms with van der Waals surface area (Å²) in [6.45, 7) is 2.85. The van der Waals surface area contributed by atoms with Gasteiger partial charge in [0, 0.05) is 31.6 Å². The first-order valence-corrected chi connectivity index (χ1v) is 10.9. The van der Waals surface area contributed by atoms with Crippen LogP contribution in [0.15, 0.2) is 0 Å². The van der Waals surface area contributed by atoms with Gasteiger partial charge in [0.05, 0.1) is 24.9 Å². The fourth-order valence-electron chi connectivity index (χ4n) is 4.26. The summed E-state index contributed by atoms with van der Waals surface area (Å²) >= 11 is 6.24. The van der Waals surface area contributed by atoms with E-state index in [-0.39, 0.29) is 11.3 Å². The SMILES string of the molecule is CS(=O)(=O)C1(c2nc(Cl)nc3c2CCC2COCCN32)CCOCC1. The van der Waals surface area contributed by atoms with Gasteiger partial charge in [-0.2, -0.15) is 0 Å². The molecule has 0 amide bonds. The first-order valence-electron chi connectivity index (χ1n) is 8.61. The van der Waals surface area contributed by atoms with Gasteiger partial charge < -0.3 is 14.4 Å². The Morgan fingerprint density at radius 3 is 2.68 bits per heavy atom. The molecule has 3 aliphatic rings. The molecule has 1 aromatic rings. The van der Waals surface area contributed by atoms with Crippen LogP contribution < -0.4 is 4.90 Å². The molecule has 1 unspecified atom stereocenters. The molecule has 25 heavy (non-hydrogen) atoms. The Hall–Kier alpha value is -0.960. The van der Waals surface area contributed by atoms with Crippen LogP contribution >= 0.6 is 11.6 Å². The quantitative estimate of drug-likeness (QED) is 0.708. The van der Waals surface area contributed by atoms with Gasteiger partial charge in [-0.05, 0) is 37.3 Å². The Labute approximate surface area is 152 Å². The highest BCUT2D eigenvalue weighted by Gasteiger charge is 2.48. The molecule has 0 radical (unpaired) electrons. The van der Waals surface area contributed by atoms with E-state index in [4.69, 9.17) is 21.1 Å². The highest BCUT2D eigenvalue weighted by atomic mass is 35.5. The molecule has 7 nitrogen and oxygen atoms in total. The second-order valence-corrected chi connectivity index (χ2v) is 9.65. The summed E-state index contributed by atoms with van der Waals surface area (Å²) in [5.41, 5.74) is 1.51. The van der Waals surface area contributed by atoms with Crippen LogP contribution in [-0.2, 0) is 30.5 Å². The number of anilines is 1. The van der Waals surface area contributed by atoms with E-state index in [9.17, 15) is 8.42 Å². The van der Waals surface area contributed by atoms with Crippen LogP contribution in [-0.4, -0.2) is 63.7 Å². The zero-order valence-corrected chi connectivity index (χ0v) is 15.8. The van der Waals surface area contributed by atoms with Crippen LogP contribution in [0.1, 0.15) is 30.5 Å². The average molecular weight is 388 g/mol. The number of hydrogen-bond donors (Lipinski definition) is 0. The summed E-state index contributed by atoms with van der Waals surface area (Å²) in [7, 11) is -3.39. The molecule has 4 heterocycles. The van der Waals surface area contributed by atoms with Gasteiger partial charge in [-0.3, -0.25) is 0 Å². The van der Waals surface area contributed by atoms with Gasteiger partial charge in [-0.25, -0.2) is 18.4 Å². The van der Waals surface area contributed by atoms with Gasteiger partial charge in [0.2, 0.25) is 5.28 Å². The van der Waals surface area contributed by atoms with Crippen LogP contribution in [0.5, 0.6) is 0 Å². The maximum absolute atomic E-state index is 12.8. The lowest BCUT2D eigenvalue weighted by atomic mass is 9.87. The van der Waals surface area contributed by atoms with Crippen LogP contribution in [0.25, 0.3) is 0 Å². The zero-order chi connectivity index (χ0) is 17.7. The Morgan fingerprint density at radius 1 is 1.20 bits per heavy atom. The van der Waals surface area contributed by atoms with Crippen molar-refractivity contribution < 1.29 is 17.9 Å². The lowest BCUT2D eigenvalue weighted by molar-refractivity contribution is 0.0724. The maximum atomic E-state index is 12.8. The third-order valence-corrected chi connectivity index (χ3v) is 7.82. The fraction of sp³-hybridized carbons (Fsp3) is 0.750. The van der Waals surface area contributed by atoms with E-state index in [0.29, 0.717) is 45.0 Å². The molecule has 0 spiro atoms. The Morgan fingerprint density at radius 2 is 1.96 bits per heavy atom. The standard InChI is InChI=1S/C16H22ClN3O4S/c1-25(21,22)16(4-7-23-8-5-16)13-12-3-2-11-10-24-9-6-20(11)14(12)19-15(17)18-13/h11H,2-10H2,1H3. The van der Waals surface area contributed by atoms with Crippen molar-refractivity contribution in [3.63, 3.8) is 0 Å². The molecule has 2 fully saturated rings. The highest BCUT2D eigenvalue weighted by molar-refractivity contribution is 7.91. The van der Waals surface area contributed by atoms with Crippen molar-refractivity contribution >= 4 is 27.3 Å². The van der Waals surface area contributed by atoms with Crippen LogP contribution in [0.2, 0.25) is 5.28 Å². The third-order valence-electron chi connectivity index (χ3n) is 5.63. The van der Waals surface area contributed by atoms with Crippen molar-refractivity contribution in [3.8, 4) is 0 Å². The molecule has 1 aromatic heterocycles. The first-order chi connectivity index (χ1) is 11.9. The van der Waals surface area contributed by atoms with E-state index in [1.807, 2.05) is 0 Å². The Bertz CT molecular complexity index is 780. The molecule has 4 rings (SSSR count). The summed E-state index contributed by atoms with van der Waals surface area (Å²) in [5.74, 6) is 0.782. The molecule has 2 saturated heterocycles. The minimum atomic E-state index is -3.39.